The lowest BCUT2D eigenvalue weighted by Gasteiger charge is -2.36. The molecule has 0 amide bonds. The summed E-state index contributed by atoms with van der Waals surface area (Å²) < 4.78 is 0. The van der Waals surface area contributed by atoms with Crippen LogP contribution in [0.5, 0.6) is 0 Å². The van der Waals surface area contributed by atoms with E-state index in [9.17, 15) is 5.11 Å². The Balaban J connectivity index is 1.77. The molecular weight excluding hydrogens is 222 g/mol. The van der Waals surface area contributed by atoms with Crippen LogP contribution >= 0.6 is 0 Å². The molecule has 0 aromatic carbocycles. The summed E-state index contributed by atoms with van der Waals surface area (Å²) in [5.74, 6) is 1.74. The Bertz CT molecular complexity index is 241. The van der Waals surface area contributed by atoms with Gasteiger partial charge in [0, 0.05) is 12.1 Å². The molecule has 0 radical (unpaired) electrons. The molecule has 4 atom stereocenters. The third-order valence-electron chi connectivity index (χ3n) is 4.77. The molecular formula is C16H31NO. The molecule has 2 aliphatic carbocycles. The van der Waals surface area contributed by atoms with E-state index in [1.807, 2.05) is 0 Å². The summed E-state index contributed by atoms with van der Waals surface area (Å²) in [6.45, 7) is 4.67. The second-order valence-corrected chi connectivity index (χ2v) is 6.98. The Morgan fingerprint density at radius 1 is 1.06 bits per heavy atom. The lowest BCUT2D eigenvalue weighted by molar-refractivity contribution is 0.0779. The predicted molar refractivity (Wildman–Crippen MR) is 76.6 cm³/mol. The van der Waals surface area contributed by atoms with Crippen LogP contribution in [0.25, 0.3) is 0 Å². The first kappa shape index (κ1) is 14.3. The van der Waals surface area contributed by atoms with Crippen molar-refractivity contribution in [1.29, 1.82) is 0 Å². The van der Waals surface area contributed by atoms with Gasteiger partial charge in [-0.05, 0) is 43.9 Å². The van der Waals surface area contributed by atoms with Crippen molar-refractivity contribution in [2.45, 2.75) is 89.8 Å². The smallest absolute Gasteiger partial charge is 0.0693 e. The summed E-state index contributed by atoms with van der Waals surface area (Å²) in [6, 6.07) is 1.04. The zero-order valence-electron chi connectivity index (χ0n) is 12.2. The standard InChI is InChI=1S/C16H31NO/c1-12(2)10-13-6-5-7-14(11-13)17-15-8-3-4-9-16(15)18/h12-18H,3-11H2,1-2H3. The molecule has 2 N–H and O–H groups in total. The minimum Gasteiger partial charge on any atom is -0.392 e. The van der Waals surface area contributed by atoms with Crippen molar-refractivity contribution < 1.29 is 5.11 Å². The van der Waals surface area contributed by atoms with Gasteiger partial charge in [-0.2, -0.15) is 0 Å². The van der Waals surface area contributed by atoms with E-state index < -0.39 is 0 Å². The maximum atomic E-state index is 10.0. The maximum absolute atomic E-state index is 10.0. The van der Waals surface area contributed by atoms with Gasteiger partial charge in [0.1, 0.15) is 0 Å². The first-order chi connectivity index (χ1) is 8.65. The summed E-state index contributed by atoms with van der Waals surface area (Å²) in [4.78, 5) is 0. The van der Waals surface area contributed by atoms with E-state index in [4.69, 9.17) is 0 Å². The summed E-state index contributed by atoms with van der Waals surface area (Å²) in [5.41, 5.74) is 0. The van der Waals surface area contributed by atoms with Gasteiger partial charge < -0.3 is 10.4 Å². The van der Waals surface area contributed by atoms with Gasteiger partial charge in [0.25, 0.3) is 0 Å². The number of aliphatic hydroxyl groups is 1. The fraction of sp³-hybridized carbons (Fsp3) is 1.00. The number of aliphatic hydroxyl groups excluding tert-OH is 1. The molecule has 0 spiro atoms. The van der Waals surface area contributed by atoms with E-state index in [0.717, 1.165) is 18.3 Å². The maximum Gasteiger partial charge on any atom is 0.0693 e. The van der Waals surface area contributed by atoms with Crippen LogP contribution in [0.2, 0.25) is 0 Å². The molecule has 0 bridgehead atoms. The van der Waals surface area contributed by atoms with E-state index in [1.54, 1.807) is 0 Å². The molecule has 0 aromatic heterocycles. The predicted octanol–water partition coefficient (Wildman–Crippen LogP) is 3.48. The normalized spacial score (nSPS) is 38.0. The lowest BCUT2D eigenvalue weighted by Crippen LogP contribution is -2.48. The van der Waals surface area contributed by atoms with Crippen molar-refractivity contribution >= 4 is 0 Å². The fourth-order valence-corrected chi connectivity index (χ4v) is 3.93. The van der Waals surface area contributed by atoms with Crippen molar-refractivity contribution in [3.63, 3.8) is 0 Å². The Hall–Kier alpha value is -0.0800. The van der Waals surface area contributed by atoms with E-state index in [-0.39, 0.29) is 6.10 Å². The van der Waals surface area contributed by atoms with Gasteiger partial charge in [-0.1, -0.05) is 39.5 Å². The highest BCUT2D eigenvalue weighted by Gasteiger charge is 2.28. The van der Waals surface area contributed by atoms with Gasteiger partial charge in [-0.25, -0.2) is 0 Å². The number of rotatable bonds is 4. The Morgan fingerprint density at radius 3 is 2.56 bits per heavy atom. The van der Waals surface area contributed by atoms with Crippen LogP contribution in [0.3, 0.4) is 0 Å². The van der Waals surface area contributed by atoms with Crippen LogP contribution < -0.4 is 5.32 Å². The van der Waals surface area contributed by atoms with E-state index in [0.29, 0.717) is 12.1 Å². The van der Waals surface area contributed by atoms with Crippen molar-refractivity contribution in [2.75, 3.05) is 0 Å². The number of hydrogen-bond acceptors (Lipinski definition) is 2. The van der Waals surface area contributed by atoms with Crippen molar-refractivity contribution in [2.24, 2.45) is 11.8 Å². The third kappa shape index (κ3) is 4.24. The second-order valence-electron chi connectivity index (χ2n) is 6.98. The average molecular weight is 253 g/mol. The van der Waals surface area contributed by atoms with Gasteiger partial charge >= 0.3 is 0 Å². The van der Waals surface area contributed by atoms with Gasteiger partial charge in [-0.3, -0.25) is 0 Å². The van der Waals surface area contributed by atoms with Gasteiger partial charge in [0.05, 0.1) is 6.10 Å². The molecule has 0 saturated heterocycles. The van der Waals surface area contributed by atoms with Crippen LogP contribution in [-0.2, 0) is 0 Å². The number of nitrogens with one attached hydrogen (secondary N) is 1. The summed E-state index contributed by atoms with van der Waals surface area (Å²) in [6.07, 6.45) is 11.4. The van der Waals surface area contributed by atoms with Gasteiger partial charge in [0.2, 0.25) is 0 Å². The molecule has 0 aliphatic heterocycles. The van der Waals surface area contributed by atoms with E-state index in [2.05, 4.69) is 19.2 Å². The molecule has 4 unspecified atom stereocenters. The molecule has 18 heavy (non-hydrogen) atoms. The van der Waals surface area contributed by atoms with Crippen molar-refractivity contribution in [3.8, 4) is 0 Å². The lowest BCUT2D eigenvalue weighted by atomic mass is 9.80. The van der Waals surface area contributed by atoms with E-state index in [1.165, 1.54) is 51.4 Å². The van der Waals surface area contributed by atoms with Crippen molar-refractivity contribution in [3.05, 3.63) is 0 Å². The zero-order valence-corrected chi connectivity index (χ0v) is 12.2. The molecule has 2 fully saturated rings. The molecule has 2 nitrogen and oxygen atoms in total. The first-order valence-corrected chi connectivity index (χ1v) is 8.09. The Morgan fingerprint density at radius 2 is 1.83 bits per heavy atom. The fourth-order valence-electron chi connectivity index (χ4n) is 3.93. The van der Waals surface area contributed by atoms with Crippen molar-refractivity contribution in [1.82, 2.24) is 5.32 Å². The Kier molecular flexibility index (Phi) is 5.50. The third-order valence-corrected chi connectivity index (χ3v) is 4.77. The summed E-state index contributed by atoms with van der Waals surface area (Å²) in [7, 11) is 0. The van der Waals surface area contributed by atoms with Crippen LogP contribution in [0.1, 0.15) is 71.6 Å². The highest BCUT2D eigenvalue weighted by atomic mass is 16.3. The van der Waals surface area contributed by atoms with Crippen LogP contribution in [-0.4, -0.2) is 23.3 Å². The van der Waals surface area contributed by atoms with Gasteiger partial charge in [-0.15, -0.1) is 0 Å². The summed E-state index contributed by atoms with van der Waals surface area (Å²) >= 11 is 0. The molecule has 2 saturated carbocycles. The highest BCUT2D eigenvalue weighted by molar-refractivity contribution is 4.86. The minimum atomic E-state index is -0.0933. The quantitative estimate of drug-likeness (QED) is 0.804. The monoisotopic (exact) mass is 253 g/mol. The Labute approximate surface area is 113 Å². The molecule has 2 aliphatic rings. The minimum absolute atomic E-state index is 0.0933. The molecule has 0 heterocycles. The SMILES string of the molecule is CC(C)CC1CCCC(NC2CCCCC2O)C1. The molecule has 0 aromatic rings. The zero-order chi connectivity index (χ0) is 13.0. The van der Waals surface area contributed by atoms with Gasteiger partial charge in [0.15, 0.2) is 0 Å². The van der Waals surface area contributed by atoms with Crippen LogP contribution in [0.15, 0.2) is 0 Å². The molecule has 106 valence electrons. The largest absolute Gasteiger partial charge is 0.392 e. The highest BCUT2D eigenvalue weighted by Crippen LogP contribution is 2.30. The second kappa shape index (κ2) is 6.91. The van der Waals surface area contributed by atoms with E-state index >= 15 is 0 Å². The number of hydrogen-bond donors (Lipinski definition) is 2. The molecule has 2 rings (SSSR count). The average Bonchev–Trinajstić information content (AvgIpc) is 2.32. The molecule has 2 heteroatoms. The topological polar surface area (TPSA) is 32.3 Å². The van der Waals surface area contributed by atoms with Crippen LogP contribution in [0.4, 0.5) is 0 Å². The van der Waals surface area contributed by atoms with Crippen LogP contribution in [0, 0.1) is 11.8 Å². The first-order valence-electron chi connectivity index (χ1n) is 8.09. The summed E-state index contributed by atoms with van der Waals surface area (Å²) in [5, 5.41) is 13.8.